The van der Waals surface area contributed by atoms with E-state index in [0.717, 1.165) is 44.0 Å². The molecule has 1 aromatic rings. The summed E-state index contributed by atoms with van der Waals surface area (Å²) < 4.78 is 10.7. The summed E-state index contributed by atoms with van der Waals surface area (Å²) in [5.74, 6) is 1.71. The summed E-state index contributed by atoms with van der Waals surface area (Å²) in [5, 5.41) is 9.40. The van der Waals surface area contributed by atoms with Gasteiger partial charge in [-0.1, -0.05) is 0 Å². The number of β-amino-alcohol motifs (C(OH)–C–C–N with tert-alkyl or cyclic N) is 1. The van der Waals surface area contributed by atoms with Crippen molar-refractivity contribution in [1.82, 2.24) is 4.90 Å². The molecule has 1 aliphatic heterocycles. The van der Waals surface area contributed by atoms with Crippen molar-refractivity contribution in [3.05, 3.63) is 24.3 Å². The predicted molar refractivity (Wildman–Crippen MR) is 70.2 cm³/mol. The molecule has 18 heavy (non-hydrogen) atoms. The van der Waals surface area contributed by atoms with Crippen molar-refractivity contribution in [2.24, 2.45) is 0 Å². The minimum Gasteiger partial charge on any atom is -0.497 e. The van der Waals surface area contributed by atoms with Crippen LogP contribution < -0.4 is 9.47 Å². The smallest absolute Gasteiger partial charge is 0.119 e. The van der Waals surface area contributed by atoms with Crippen LogP contribution in [0.25, 0.3) is 0 Å². The molecule has 0 aliphatic carbocycles. The maximum atomic E-state index is 9.40. The molecule has 1 N–H and O–H groups in total. The predicted octanol–water partition coefficient (Wildman–Crippen LogP) is 1.53. The fraction of sp³-hybridized carbons (Fsp3) is 0.571. The number of ether oxygens (including phenoxy) is 2. The molecule has 1 saturated heterocycles. The summed E-state index contributed by atoms with van der Waals surface area (Å²) in [6, 6.07) is 7.62. The monoisotopic (exact) mass is 251 g/mol. The van der Waals surface area contributed by atoms with Crippen molar-refractivity contribution in [2.75, 3.05) is 33.4 Å². The number of hydrogen-bond donors (Lipinski definition) is 1. The summed E-state index contributed by atoms with van der Waals surface area (Å²) in [5.41, 5.74) is 0. The van der Waals surface area contributed by atoms with Gasteiger partial charge in [0.2, 0.25) is 0 Å². The van der Waals surface area contributed by atoms with E-state index in [1.807, 2.05) is 24.3 Å². The Labute approximate surface area is 108 Å². The zero-order chi connectivity index (χ0) is 12.8. The van der Waals surface area contributed by atoms with E-state index < -0.39 is 0 Å². The fourth-order valence-electron chi connectivity index (χ4n) is 2.17. The molecule has 0 radical (unpaired) electrons. The molecule has 1 aliphatic rings. The molecule has 100 valence electrons. The molecule has 2 rings (SSSR count). The van der Waals surface area contributed by atoms with E-state index in [1.165, 1.54) is 0 Å². The maximum absolute atomic E-state index is 9.40. The van der Waals surface area contributed by atoms with Crippen LogP contribution in [0.4, 0.5) is 0 Å². The van der Waals surface area contributed by atoms with Gasteiger partial charge in [0.05, 0.1) is 19.8 Å². The van der Waals surface area contributed by atoms with Crippen LogP contribution in [-0.4, -0.2) is 49.5 Å². The topological polar surface area (TPSA) is 41.9 Å². The number of aliphatic hydroxyl groups excluding tert-OH is 1. The van der Waals surface area contributed by atoms with E-state index in [1.54, 1.807) is 7.11 Å². The van der Waals surface area contributed by atoms with E-state index in [9.17, 15) is 5.11 Å². The van der Waals surface area contributed by atoms with E-state index in [4.69, 9.17) is 9.47 Å². The van der Waals surface area contributed by atoms with Crippen LogP contribution in [0.5, 0.6) is 11.5 Å². The second kappa shape index (κ2) is 6.61. The van der Waals surface area contributed by atoms with Gasteiger partial charge in [-0.15, -0.1) is 0 Å². The quantitative estimate of drug-likeness (QED) is 0.779. The Balaban J connectivity index is 1.62. The SMILES string of the molecule is COc1ccc(OCCCN2CC[C@H](O)C2)cc1. The Bertz CT molecular complexity index is 353. The second-order valence-electron chi connectivity index (χ2n) is 4.62. The van der Waals surface area contributed by atoms with Gasteiger partial charge in [-0.05, 0) is 37.1 Å². The number of rotatable bonds is 6. The summed E-state index contributed by atoms with van der Waals surface area (Å²) in [7, 11) is 1.65. The molecule has 0 unspecified atom stereocenters. The lowest BCUT2D eigenvalue weighted by molar-refractivity contribution is 0.173. The van der Waals surface area contributed by atoms with Crippen LogP contribution in [0.1, 0.15) is 12.8 Å². The van der Waals surface area contributed by atoms with E-state index in [2.05, 4.69) is 4.90 Å². The second-order valence-corrected chi connectivity index (χ2v) is 4.62. The zero-order valence-corrected chi connectivity index (χ0v) is 10.8. The summed E-state index contributed by atoms with van der Waals surface area (Å²) in [4.78, 5) is 2.28. The number of likely N-dealkylation sites (tertiary alicyclic amines) is 1. The largest absolute Gasteiger partial charge is 0.497 e. The summed E-state index contributed by atoms with van der Waals surface area (Å²) >= 11 is 0. The van der Waals surface area contributed by atoms with Crippen molar-refractivity contribution in [1.29, 1.82) is 0 Å². The standard InChI is InChI=1S/C14H21NO3/c1-17-13-3-5-14(6-4-13)18-10-2-8-15-9-7-12(16)11-15/h3-6,12,16H,2,7-11H2,1H3/t12-/m0/s1. The first-order valence-corrected chi connectivity index (χ1v) is 6.45. The molecule has 0 amide bonds. The Hall–Kier alpha value is -1.26. The van der Waals surface area contributed by atoms with Crippen LogP contribution in [0, 0.1) is 0 Å². The molecule has 1 atom stereocenters. The van der Waals surface area contributed by atoms with Crippen molar-refractivity contribution in [3.63, 3.8) is 0 Å². The summed E-state index contributed by atoms with van der Waals surface area (Å²) in [6.45, 7) is 3.51. The molecule has 1 fully saturated rings. The lowest BCUT2D eigenvalue weighted by Gasteiger charge is -2.14. The average molecular weight is 251 g/mol. The minimum atomic E-state index is -0.132. The third-order valence-electron chi connectivity index (χ3n) is 3.19. The van der Waals surface area contributed by atoms with Gasteiger partial charge in [0.1, 0.15) is 11.5 Å². The molecule has 0 aromatic heterocycles. The molecule has 4 nitrogen and oxygen atoms in total. The third-order valence-corrected chi connectivity index (χ3v) is 3.19. The third kappa shape index (κ3) is 3.89. The number of aliphatic hydroxyl groups is 1. The molecule has 1 heterocycles. The maximum Gasteiger partial charge on any atom is 0.119 e. The first-order valence-electron chi connectivity index (χ1n) is 6.45. The first-order chi connectivity index (χ1) is 8.78. The minimum absolute atomic E-state index is 0.132. The number of methoxy groups -OCH3 is 1. The number of nitrogens with zero attached hydrogens (tertiary/aromatic N) is 1. The highest BCUT2D eigenvalue weighted by Crippen LogP contribution is 2.17. The van der Waals surface area contributed by atoms with Gasteiger partial charge in [0.25, 0.3) is 0 Å². The Morgan fingerprint density at radius 1 is 1.28 bits per heavy atom. The molecule has 0 bridgehead atoms. The molecule has 0 spiro atoms. The lowest BCUT2D eigenvalue weighted by atomic mass is 10.3. The Kier molecular flexibility index (Phi) is 4.84. The lowest BCUT2D eigenvalue weighted by Crippen LogP contribution is -2.24. The van der Waals surface area contributed by atoms with Crippen LogP contribution in [0.15, 0.2) is 24.3 Å². The Morgan fingerprint density at radius 3 is 2.61 bits per heavy atom. The molecule has 4 heteroatoms. The highest BCUT2D eigenvalue weighted by molar-refractivity contribution is 5.31. The van der Waals surface area contributed by atoms with E-state index in [0.29, 0.717) is 6.61 Å². The van der Waals surface area contributed by atoms with Gasteiger partial charge in [0.15, 0.2) is 0 Å². The van der Waals surface area contributed by atoms with Gasteiger partial charge in [-0.3, -0.25) is 0 Å². The van der Waals surface area contributed by atoms with Crippen molar-refractivity contribution in [3.8, 4) is 11.5 Å². The fourth-order valence-corrected chi connectivity index (χ4v) is 2.17. The molecular weight excluding hydrogens is 230 g/mol. The normalized spacial score (nSPS) is 20.0. The molecule has 1 aromatic carbocycles. The van der Waals surface area contributed by atoms with Gasteiger partial charge >= 0.3 is 0 Å². The summed E-state index contributed by atoms with van der Waals surface area (Å²) in [6.07, 6.45) is 1.76. The number of benzene rings is 1. The van der Waals surface area contributed by atoms with Crippen LogP contribution in [-0.2, 0) is 0 Å². The molecular formula is C14H21NO3. The average Bonchev–Trinajstić information content (AvgIpc) is 2.81. The first kappa shape index (κ1) is 13.2. The van der Waals surface area contributed by atoms with Gasteiger partial charge < -0.3 is 19.5 Å². The van der Waals surface area contributed by atoms with Crippen molar-refractivity contribution in [2.45, 2.75) is 18.9 Å². The van der Waals surface area contributed by atoms with E-state index >= 15 is 0 Å². The highest BCUT2D eigenvalue weighted by atomic mass is 16.5. The van der Waals surface area contributed by atoms with E-state index in [-0.39, 0.29) is 6.10 Å². The van der Waals surface area contributed by atoms with Crippen LogP contribution in [0.2, 0.25) is 0 Å². The number of hydrogen-bond acceptors (Lipinski definition) is 4. The van der Waals surface area contributed by atoms with Gasteiger partial charge in [-0.25, -0.2) is 0 Å². The van der Waals surface area contributed by atoms with Crippen molar-refractivity contribution >= 4 is 0 Å². The zero-order valence-electron chi connectivity index (χ0n) is 10.8. The van der Waals surface area contributed by atoms with Crippen molar-refractivity contribution < 1.29 is 14.6 Å². The highest BCUT2D eigenvalue weighted by Gasteiger charge is 2.18. The Morgan fingerprint density at radius 2 is 2.00 bits per heavy atom. The van der Waals surface area contributed by atoms with Crippen LogP contribution in [0.3, 0.4) is 0 Å². The van der Waals surface area contributed by atoms with Crippen LogP contribution >= 0.6 is 0 Å². The van der Waals surface area contributed by atoms with Gasteiger partial charge in [-0.2, -0.15) is 0 Å². The van der Waals surface area contributed by atoms with Gasteiger partial charge in [0, 0.05) is 19.6 Å². The molecule has 0 saturated carbocycles.